The van der Waals surface area contributed by atoms with Gasteiger partial charge in [-0.05, 0) is 60.5 Å². The Bertz CT molecular complexity index is 748. The SMILES string of the molecule is COc1ccc(/C=C2\CCNC/C(=C\c3ccc(OC)cc3)C2=O)cc1. The second-order valence-corrected chi connectivity index (χ2v) is 6.14. The molecule has 1 aliphatic heterocycles. The minimum Gasteiger partial charge on any atom is -0.497 e. The zero-order valence-corrected chi connectivity index (χ0v) is 15.1. The van der Waals surface area contributed by atoms with Gasteiger partial charge in [0, 0.05) is 17.7 Å². The lowest BCUT2D eigenvalue weighted by atomic mass is 9.98. The number of nitrogens with one attached hydrogen (secondary N) is 1. The van der Waals surface area contributed by atoms with Crippen molar-refractivity contribution in [3.63, 3.8) is 0 Å². The molecular weight excluding hydrogens is 326 g/mol. The summed E-state index contributed by atoms with van der Waals surface area (Å²) >= 11 is 0. The summed E-state index contributed by atoms with van der Waals surface area (Å²) < 4.78 is 10.4. The minimum absolute atomic E-state index is 0.0987. The van der Waals surface area contributed by atoms with Gasteiger partial charge in [-0.2, -0.15) is 0 Å². The number of hydrogen-bond donors (Lipinski definition) is 1. The van der Waals surface area contributed by atoms with E-state index in [1.165, 1.54) is 0 Å². The van der Waals surface area contributed by atoms with Crippen LogP contribution < -0.4 is 14.8 Å². The highest BCUT2D eigenvalue weighted by Gasteiger charge is 2.18. The lowest BCUT2D eigenvalue weighted by Crippen LogP contribution is -2.16. The molecule has 0 amide bonds. The summed E-state index contributed by atoms with van der Waals surface area (Å²) in [5.41, 5.74) is 3.58. The van der Waals surface area contributed by atoms with Crippen LogP contribution in [0.2, 0.25) is 0 Å². The van der Waals surface area contributed by atoms with E-state index in [-0.39, 0.29) is 5.78 Å². The van der Waals surface area contributed by atoms with Crippen molar-refractivity contribution in [2.24, 2.45) is 0 Å². The maximum absolute atomic E-state index is 13.0. The van der Waals surface area contributed by atoms with Gasteiger partial charge >= 0.3 is 0 Å². The molecule has 1 aliphatic rings. The van der Waals surface area contributed by atoms with Crippen LogP contribution in [0.5, 0.6) is 11.5 Å². The van der Waals surface area contributed by atoms with Crippen LogP contribution in [0.4, 0.5) is 0 Å². The quantitative estimate of drug-likeness (QED) is 0.855. The van der Waals surface area contributed by atoms with Crippen LogP contribution >= 0.6 is 0 Å². The predicted octanol–water partition coefficient (Wildman–Crippen LogP) is 3.73. The molecule has 26 heavy (non-hydrogen) atoms. The number of ether oxygens (including phenoxy) is 2. The number of benzene rings is 2. The summed E-state index contributed by atoms with van der Waals surface area (Å²) in [6.45, 7) is 1.36. The molecule has 2 aromatic rings. The first-order valence-corrected chi connectivity index (χ1v) is 8.64. The van der Waals surface area contributed by atoms with Gasteiger partial charge in [-0.1, -0.05) is 24.3 Å². The highest BCUT2D eigenvalue weighted by atomic mass is 16.5. The Morgan fingerprint density at radius 2 is 1.31 bits per heavy atom. The topological polar surface area (TPSA) is 47.6 Å². The van der Waals surface area contributed by atoms with E-state index in [4.69, 9.17) is 9.47 Å². The van der Waals surface area contributed by atoms with E-state index in [1.54, 1.807) is 14.2 Å². The number of ketones is 1. The van der Waals surface area contributed by atoms with Crippen LogP contribution in [0, 0.1) is 0 Å². The minimum atomic E-state index is 0.0987. The van der Waals surface area contributed by atoms with E-state index < -0.39 is 0 Å². The number of Topliss-reactive ketones (excluding diaryl/α,β-unsaturated/α-hetero) is 1. The lowest BCUT2D eigenvalue weighted by molar-refractivity contribution is -0.112. The van der Waals surface area contributed by atoms with Crippen molar-refractivity contribution in [1.82, 2.24) is 5.32 Å². The van der Waals surface area contributed by atoms with Gasteiger partial charge < -0.3 is 14.8 Å². The molecule has 0 radical (unpaired) electrons. The molecule has 4 heteroatoms. The van der Waals surface area contributed by atoms with E-state index in [9.17, 15) is 4.79 Å². The normalized spacial score (nSPS) is 18.0. The number of rotatable bonds is 4. The summed E-state index contributed by atoms with van der Waals surface area (Å²) in [5.74, 6) is 1.71. The van der Waals surface area contributed by atoms with Crippen LogP contribution in [-0.4, -0.2) is 33.1 Å². The summed E-state index contributed by atoms with van der Waals surface area (Å²) in [7, 11) is 3.28. The molecule has 0 aliphatic carbocycles. The Hall–Kier alpha value is -2.85. The van der Waals surface area contributed by atoms with E-state index in [2.05, 4.69) is 5.32 Å². The molecule has 1 N–H and O–H groups in total. The summed E-state index contributed by atoms with van der Waals surface area (Å²) in [6, 6.07) is 15.4. The third-order valence-corrected chi connectivity index (χ3v) is 4.38. The number of hydrogen-bond acceptors (Lipinski definition) is 4. The molecule has 4 nitrogen and oxygen atoms in total. The van der Waals surface area contributed by atoms with Crippen molar-refractivity contribution in [1.29, 1.82) is 0 Å². The maximum Gasteiger partial charge on any atom is 0.186 e. The van der Waals surface area contributed by atoms with Gasteiger partial charge in [-0.15, -0.1) is 0 Å². The number of carbonyl (C=O) groups is 1. The van der Waals surface area contributed by atoms with Crippen LogP contribution in [0.1, 0.15) is 17.5 Å². The van der Waals surface area contributed by atoms with Gasteiger partial charge in [0.15, 0.2) is 5.78 Å². The van der Waals surface area contributed by atoms with Crippen molar-refractivity contribution in [2.75, 3.05) is 27.3 Å². The van der Waals surface area contributed by atoms with Gasteiger partial charge in [-0.25, -0.2) is 0 Å². The second-order valence-electron chi connectivity index (χ2n) is 6.14. The Morgan fingerprint density at radius 3 is 1.81 bits per heavy atom. The Kier molecular flexibility index (Phi) is 5.87. The first-order chi connectivity index (χ1) is 12.7. The van der Waals surface area contributed by atoms with Crippen molar-refractivity contribution >= 4 is 17.9 Å². The monoisotopic (exact) mass is 349 g/mol. The van der Waals surface area contributed by atoms with Gasteiger partial charge in [0.25, 0.3) is 0 Å². The van der Waals surface area contributed by atoms with Gasteiger partial charge in [0.2, 0.25) is 0 Å². The average Bonchev–Trinajstić information content (AvgIpc) is 2.85. The smallest absolute Gasteiger partial charge is 0.186 e. The molecule has 1 fully saturated rings. The molecule has 1 heterocycles. The Labute approximate surface area is 154 Å². The zero-order valence-electron chi connectivity index (χ0n) is 15.1. The summed E-state index contributed by atoms with van der Waals surface area (Å²) in [4.78, 5) is 13.0. The average molecular weight is 349 g/mol. The Morgan fingerprint density at radius 1 is 0.808 bits per heavy atom. The van der Waals surface area contributed by atoms with Crippen LogP contribution in [-0.2, 0) is 4.79 Å². The van der Waals surface area contributed by atoms with E-state index in [0.29, 0.717) is 13.0 Å². The van der Waals surface area contributed by atoms with Gasteiger partial charge in [-0.3, -0.25) is 4.79 Å². The molecule has 134 valence electrons. The fourth-order valence-corrected chi connectivity index (χ4v) is 2.90. The molecule has 0 atom stereocenters. The molecule has 0 aromatic heterocycles. The largest absolute Gasteiger partial charge is 0.497 e. The zero-order chi connectivity index (χ0) is 18.4. The predicted molar refractivity (Wildman–Crippen MR) is 104 cm³/mol. The standard InChI is InChI=1S/C22H23NO3/c1-25-20-7-3-16(4-8-20)13-18-11-12-23-15-19(22(18)24)14-17-5-9-21(26-2)10-6-17/h3-10,13-14,23H,11-12,15H2,1-2H3/b18-13+,19-14+. The van der Waals surface area contributed by atoms with Crippen molar-refractivity contribution in [2.45, 2.75) is 6.42 Å². The first-order valence-electron chi connectivity index (χ1n) is 8.64. The maximum atomic E-state index is 13.0. The fourth-order valence-electron chi connectivity index (χ4n) is 2.90. The van der Waals surface area contributed by atoms with Crippen LogP contribution in [0.25, 0.3) is 12.2 Å². The summed E-state index contributed by atoms with van der Waals surface area (Å²) in [6.07, 6.45) is 4.63. The molecule has 1 saturated heterocycles. The fraction of sp³-hybridized carbons (Fsp3) is 0.227. The van der Waals surface area contributed by atoms with Crippen molar-refractivity contribution < 1.29 is 14.3 Å². The Balaban J connectivity index is 1.86. The van der Waals surface area contributed by atoms with E-state index in [1.807, 2.05) is 60.7 Å². The molecular formula is C22H23NO3. The molecule has 2 aromatic carbocycles. The second kappa shape index (κ2) is 8.50. The van der Waals surface area contributed by atoms with Crippen LogP contribution in [0.15, 0.2) is 59.7 Å². The lowest BCUT2D eigenvalue weighted by Gasteiger charge is -2.06. The molecule has 0 spiro atoms. The summed E-state index contributed by atoms with van der Waals surface area (Å²) in [5, 5.41) is 3.33. The van der Waals surface area contributed by atoms with E-state index >= 15 is 0 Å². The highest BCUT2D eigenvalue weighted by molar-refractivity contribution is 6.13. The molecule has 0 unspecified atom stereocenters. The third-order valence-electron chi connectivity index (χ3n) is 4.38. The number of carbonyl (C=O) groups excluding carboxylic acids is 1. The molecule has 0 bridgehead atoms. The molecule has 0 saturated carbocycles. The van der Waals surface area contributed by atoms with Gasteiger partial charge in [0.1, 0.15) is 11.5 Å². The first kappa shape index (κ1) is 18.0. The van der Waals surface area contributed by atoms with Gasteiger partial charge in [0.05, 0.1) is 14.2 Å². The van der Waals surface area contributed by atoms with Crippen molar-refractivity contribution in [3.05, 3.63) is 70.8 Å². The highest BCUT2D eigenvalue weighted by Crippen LogP contribution is 2.21. The van der Waals surface area contributed by atoms with Crippen LogP contribution in [0.3, 0.4) is 0 Å². The van der Waals surface area contributed by atoms with Crippen molar-refractivity contribution in [3.8, 4) is 11.5 Å². The molecule has 3 rings (SSSR count). The number of methoxy groups -OCH3 is 2. The van der Waals surface area contributed by atoms with E-state index in [0.717, 1.165) is 40.3 Å². The third kappa shape index (κ3) is 4.41.